The van der Waals surface area contributed by atoms with Gasteiger partial charge in [-0.2, -0.15) is 5.10 Å². The number of aromatic amines is 1. The van der Waals surface area contributed by atoms with E-state index in [1.165, 1.54) is 0 Å². The lowest BCUT2D eigenvalue weighted by molar-refractivity contribution is 0.0858. The van der Waals surface area contributed by atoms with Crippen LogP contribution < -0.4 is 5.32 Å². The van der Waals surface area contributed by atoms with Crippen LogP contribution in [-0.2, 0) is 12.8 Å². The molecule has 0 spiro atoms. The average Bonchev–Trinajstić information content (AvgIpc) is 3.27. The second kappa shape index (κ2) is 6.72. The molecule has 0 saturated heterocycles. The molecule has 1 amide bonds. The second-order valence-electron chi connectivity index (χ2n) is 6.46. The summed E-state index contributed by atoms with van der Waals surface area (Å²) >= 11 is 0. The molecule has 6 nitrogen and oxygen atoms in total. The molecule has 26 heavy (non-hydrogen) atoms. The molecule has 2 atom stereocenters. The van der Waals surface area contributed by atoms with Crippen molar-refractivity contribution in [2.45, 2.75) is 31.9 Å². The van der Waals surface area contributed by atoms with Crippen molar-refractivity contribution in [2.75, 3.05) is 0 Å². The van der Waals surface area contributed by atoms with Crippen molar-refractivity contribution in [3.05, 3.63) is 71.0 Å². The lowest BCUT2D eigenvalue weighted by Gasteiger charge is -2.18. The highest BCUT2D eigenvalue weighted by molar-refractivity contribution is 5.95. The number of nitrogens with one attached hydrogen (secondary N) is 2. The summed E-state index contributed by atoms with van der Waals surface area (Å²) in [5, 5.41) is 20.3. The minimum absolute atomic E-state index is 0.207. The maximum atomic E-state index is 12.6. The van der Waals surface area contributed by atoms with Gasteiger partial charge in [0, 0.05) is 24.0 Å². The van der Waals surface area contributed by atoms with Gasteiger partial charge in [-0.05, 0) is 23.3 Å². The van der Waals surface area contributed by atoms with Crippen LogP contribution in [0.15, 0.2) is 48.5 Å². The maximum Gasteiger partial charge on any atom is 0.251 e. The van der Waals surface area contributed by atoms with Gasteiger partial charge in [0.05, 0.1) is 12.1 Å². The van der Waals surface area contributed by atoms with Crippen LogP contribution in [-0.4, -0.2) is 32.3 Å². The molecule has 132 valence electrons. The number of aliphatic hydroxyl groups excluding tert-OH is 1. The summed E-state index contributed by atoms with van der Waals surface area (Å²) < 4.78 is 0. The van der Waals surface area contributed by atoms with E-state index in [4.69, 9.17) is 0 Å². The Hall–Kier alpha value is -2.99. The number of carbonyl (C=O) groups is 1. The monoisotopic (exact) mass is 348 g/mol. The van der Waals surface area contributed by atoms with E-state index < -0.39 is 6.10 Å². The fourth-order valence-corrected chi connectivity index (χ4v) is 3.33. The summed E-state index contributed by atoms with van der Waals surface area (Å²) in [6.45, 7) is 2.01. The third kappa shape index (κ3) is 2.99. The molecular formula is C20H20N4O2. The molecule has 1 aliphatic carbocycles. The fraction of sp³-hybridized carbons (Fsp3) is 0.250. The summed E-state index contributed by atoms with van der Waals surface area (Å²) in [4.78, 5) is 17.0. The Labute approximate surface area is 151 Å². The second-order valence-corrected chi connectivity index (χ2v) is 6.46. The highest BCUT2D eigenvalue weighted by Crippen LogP contribution is 2.31. The van der Waals surface area contributed by atoms with Gasteiger partial charge < -0.3 is 10.4 Å². The topological polar surface area (TPSA) is 90.9 Å². The van der Waals surface area contributed by atoms with Crippen molar-refractivity contribution in [1.29, 1.82) is 0 Å². The number of nitrogens with zero attached hydrogens (tertiary/aromatic N) is 2. The molecule has 0 radical (unpaired) electrons. The lowest BCUT2D eigenvalue weighted by atomic mass is 10.1. The van der Waals surface area contributed by atoms with Gasteiger partial charge in [0.2, 0.25) is 0 Å². The standard InChI is InChI=1S/C20H20N4O2/c1-2-17-21-19(24-23-17)12-7-9-13(10-8-12)20(26)22-18-15-6-4-3-5-14(15)11-16(18)25/h3-10,16,18,25H,2,11H2,1H3,(H,22,26)(H,21,23,24)/t16-,18+/m0/s1. The van der Waals surface area contributed by atoms with E-state index in [1.807, 2.05) is 43.3 Å². The molecule has 3 aromatic rings. The zero-order valence-electron chi connectivity index (χ0n) is 14.4. The van der Waals surface area contributed by atoms with Gasteiger partial charge in [0.1, 0.15) is 5.82 Å². The van der Waals surface area contributed by atoms with Crippen LogP contribution in [0.5, 0.6) is 0 Å². The van der Waals surface area contributed by atoms with Gasteiger partial charge in [-0.1, -0.05) is 43.3 Å². The Morgan fingerprint density at radius 3 is 2.73 bits per heavy atom. The van der Waals surface area contributed by atoms with Gasteiger partial charge in [-0.15, -0.1) is 0 Å². The van der Waals surface area contributed by atoms with Gasteiger partial charge in [-0.3, -0.25) is 9.89 Å². The summed E-state index contributed by atoms with van der Waals surface area (Å²) in [5.74, 6) is 1.24. The summed E-state index contributed by atoms with van der Waals surface area (Å²) in [6.07, 6.45) is 0.750. The van der Waals surface area contributed by atoms with Crippen LogP contribution >= 0.6 is 0 Å². The van der Waals surface area contributed by atoms with E-state index >= 15 is 0 Å². The number of H-pyrrole nitrogens is 1. The Kier molecular flexibility index (Phi) is 4.26. The van der Waals surface area contributed by atoms with Crippen LogP contribution in [0.2, 0.25) is 0 Å². The zero-order valence-corrected chi connectivity index (χ0v) is 14.4. The number of rotatable bonds is 4. The van der Waals surface area contributed by atoms with Crippen LogP contribution in [0.25, 0.3) is 11.4 Å². The van der Waals surface area contributed by atoms with E-state index in [0.29, 0.717) is 17.8 Å². The molecule has 1 heterocycles. The van der Waals surface area contributed by atoms with Crippen LogP contribution in [0, 0.1) is 0 Å². The van der Waals surface area contributed by atoms with Crippen LogP contribution in [0.3, 0.4) is 0 Å². The number of benzene rings is 2. The largest absolute Gasteiger partial charge is 0.390 e. The third-order valence-electron chi connectivity index (χ3n) is 4.76. The molecule has 0 saturated carbocycles. The number of hydrogen-bond donors (Lipinski definition) is 3. The number of amides is 1. The average molecular weight is 348 g/mol. The van der Waals surface area contributed by atoms with Crippen molar-refractivity contribution in [3.63, 3.8) is 0 Å². The Balaban J connectivity index is 1.50. The molecule has 1 aliphatic rings. The molecule has 0 aliphatic heterocycles. The molecule has 6 heteroatoms. The first-order chi connectivity index (χ1) is 12.7. The molecule has 2 aromatic carbocycles. The molecule has 0 unspecified atom stereocenters. The predicted octanol–water partition coefficient (Wildman–Crippen LogP) is 2.42. The minimum atomic E-state index is -0.601. The Morgan fingerprint density at radius 1 is 1.23 bits per heavy atom. The third-order valence-corrected chi connectivity index (χ3v) is 4.76. The predicted molar refractivity (Wildman–Crippen MR) is 97.6 cm³/mol. The van der Waals surface area contributed by atoms with E-state index in [-0.39, 0.29) is 11.9 Å². The molecule has 0 fully saturated rings. The SMILES string of the molecule is CCc1nc(-c2ccc(C(=O)N[C@@H]3c4ccccc4C[C@@H]3O)cc2)n[nH]1. The molecule has 4 rings (SSSR count). The number of fused-ring (bicyclic) bond motifs is 1. The molecule has 1 aromatic heterocycles. The van der Waals surface area contributed by atoms with Gasteiger partial charge in [0.15, 0.2) is 5.82 Å². The van der Waals surface area contributed by atoms with E-state index in [2.05, 4.69) is 20.5 Å². The Morgan fingerprint density at radius 2 is 2.00 bits per heavy atom. The minimum Gasteiger partial charge on any atom is -0.390 e. The summed E-state index contributed by atoms with van der Waals surface area (Å²) in [7, 11) is 0. The molecule has 3 N–H and O–H groups in total. The molecule has 0 bridgehead atoms. The number of carbonyl (C=O) groups excluding carboxylic acids is 1. The van der Waals surface area contributed by atoms with Crippen molar-refractivity contribution >= 4 is 5.91 Å². The smallest absolute Gasteiger partial charge is 0.251 e. The van der Waals surface area contributed by atoms with E-state index in [1.54, 1.807) is 12.1 Å². The first-order valence-corrected chi connectivity index (χ1v) is 8.74. The van der Waals surface area contributed by atoms with E-state index in [9.17, 15) is 9.90 Å². The van der Waals surface area contributed by atoms with E-state index in [0.717, 1.165) is 28.9 Å². The normalized spacial score (nSPS) is 18.5. The number of aryl methyl sites for hydroxylation is 1. The summed E-state index contributed by atoms with van der Waals surface area (Å²) in [6, 6.07) is 14.6. The summed E-state index contributed by atoms with van der Waals surface area (Å²) in [5.41, 5.74) is 3.45. The van der Waals surface area contributed by atoms with Crippen molar-refractivity contribution < 1.29 is 9.90 Å². The first kappa shape index (κ1) is 16.5. The van der Waals surface area contributed by atoms with Crippen molar-refractivity contribution in [3.8, 4) is 11.4 Å². The van der Waals surface area contributed by atoms with Crippen molar-refractivity contribution in [1.82, 2.24) is 20.5 Å². The molecular weight excluding hydrogens is 328 g/mol. The highest BCUT2D eigenvalue weighted by Gasteiger charge is 2.32. The number of aliphatic hydroxyl groups is 1. The van der Waals surface area contributed by atoms with Gasteiger partial charge in [-0.25, -0.2) is 4.98 Å². The first-order valence-electron chi connectivity index (χ1n) is 8.74. The van der Waals surface area contributed by atoms with Crippen LogP contribution in [0.1, 0.15) is 40.3 Å². The zero-order chi connectivity index (χ0) is 18.1. The van der Waals surface area contributed by atoms with Crippen LogP contribution in [0.4, 0.5) is 0 Å². The van der Waals surface area contributed by atoms with Gasteiger partial charge >= 0.3 is 0 Å². The lowest BCUT2D eigenvalue weighted by Crippen LogP contribution is -2.33. The quantitative estimate of drug-likeness (QED) is 0.675. The fourth-order valence-electron chi connectivity index (χ4n) is 3.33. The van der Waals surface area contributed by atoms with Gasteiger partial charge in [0.25, 0.3) is 5.91 Å². The Bertz CT molecular complexity index is 933. The maximum absolute atomic E-state index is 12.6. The number of hydrogen-bond acceptors (Lipinski definition) is 4. The van der Waals surface area contributed by atoms with Crippen molar-refractivity contribution in [2.24, 2.45) is 0 Å². The highest BCUT2D eigenvalue weighted by atomic mass is 16.3. The number of aromatic nitrogens is 3.